The summed E-state index contributed by atoms with van der Waals surface area (Å²) < 4.78 is 4.70. The van der Waals surface area contributed by atoms with Gasteiger partial charge in [-0.3, -0.25) is 4.98 Å². The van der Waals surface area contributed by atoms with E-state index in [0.717, 1.165) is 17.8 Å². The summed E-state index contributed by atoms with van der Waals surface area (Å²) >= 11 is 0. The number of para-hydroxylation sites is 1. The Bertz CT molecular complexity index is 679. The minimum atomic E-state index is 0.589. The van der Waals surface area contributed by atoms with Crippen LogP contribution in [0.4, 0.5) is 0 Å². The number of nitrogens with zero attached hydrogens (tertiary/aromatic N) is 3. The van der Waals surface area contributed by atoms with E-state index in [4.69, 9.17) is 4.52 Å². The zero-order valence-corrected chi connectivity index (χ0v) is 10.6. The quantitative estimate of drug-likeness (QED) is 0.773. The van der Waals surface area contributed by atoms with Crippen LogP contribution in [0.2, 0.25) is 0 Å². The molecule has 0 fully saturated rings. The summed E-state index contributed by atoms with van der Waals surface area (Å²) in [5.74, 6) is 0.662. The molecule has 0 bridgehead atoms. The van der Waals surface area contributed by atoms with E-state index in [-0.39, 0.29) is 0 Å². The second kappa shape index (κ2) is 5.16. The monoisotopic (exact) mass is 254 g/mol. The van der Waals surface area contributed by atoms with Gasteiger partial charge in [0.25, 0.3) is 0 Å². The maximum absolute atomic E-state index is 4.70. The van der Waals surface area contributed by atoms with Gasteiger partial charge in [0, 0.05) is 17.6 Å². The Balaban J connectivity index is 1.80. The fraction of sp³-hybridized carbons (Fsp3) is 0.214. The number of nitrogens with one attached hydrogen (secondary N) is 1. The van der Waals surface area contributed by atoms with Crippen LogP contribution in [0.1, 0.15) is 17.1 Å². The van der Waals surface area contributed by atoms with Crippen molar-refractivity contribution in [3.63, 3.8) is 0 Å². The van der Waals surface area contributed by atoms with Crippen LogP contribution < -0.4 is 5.32 Å². The molecule has 1 N–H and O–H groups in total. The number of rotatable bonds is 4. The standard InChI is InChI=1S/C14H14N4O/c1-10-6-11(7-15-8-14-16-9-19-18-14)12-4-2-3-5-13(12)17-10/h2-6,9,15H,7-8H2,1H3. The molecule has 19 heavy (non-hydrogen) atoms. The van der Waals surface area contributed by atoms with Crippen molar-refractivity contribution in [1.29, 1.82) is 0 Å². The zero-order valence-electron chi connectivity index (χ0n) is 10.6. The van der Waals surface area contributed by atoms with Crippen LogP contribution in [0.3, 0.4) is 0 Å². The molecule has 0 saturated carbocycles. The number of hydrogen-bond donors (Lipinski definition) is 1. The zero-order chi connectivity index (χ0) is 13.1. The number of aryl methyl sites for hydroxylation is 1. The van der Waals surface area contributed by atoms with Crippen molar-refractivity contribution >= 4 is 10.9 Å². The van der Waals surface area contributed by atoms with Crippen LogP contribution in [0.5, 0.6) is 0 Å². The van der Waals surface area contributed by atoms with Gasteiger partial charge in [-0.2, -0.15) is 4.98 Å². The molecule has 0 aliphatic heterocycles. The van der Waals surface area contributed by atoms with Gasteiger partial charge in [-0.25, -0.2) is 0 Å². The molecule has 2 heterocycles. The van der Waals surface area contributed by atoms with Crippen LogP contribution in [0.25, 0.3) is 10.9 Å². The molecule has 0 atom stereocenters. The second-order valence-electron chi connectivity index (χ2n) is 4.39. The van der Waals surface area contributed by atoms with E-state index in [1.807, 2.05) is 25.1 Å². The van der Waals surface area contributed by atoms with Crippen LogP contribution in [0, 0.1) is 6.92 Å². The summed E-state index contributed by atoms with van der Waals surface area (Å²) in [7, 11) is 0. The van der Waals surface area contributed by atoms with E-state index in [1.165, 1.54) is 17.3 Å². The highest BCUT2D eigenvalue weighted by atomic mass is 16.5. The fourth-order valence-electron chi connectivity index (χ4n) is 2.12. The van der Waals surface area contributed by atoms with Gasteiger partial charge in [-0.15, -0.1) is 0 Å². The largest absolute Gasteiger partial charge is 0.343 e. The third-order valence-corrected chi connectivity index (χ3v) is 2.94. The molecule has 0 spiro atoms. The van der Waals surface area contributed by atoms with Crippen LogP contribution in [-0.4, -0.2) is 15.1 Å². The minimum absolute atomic E-state index is 0.589. The van der Waals surface area contributed by atoms with E-state index in [0.29, 0.717) is 12.4 Å². The summed E-state index contributed by atoms with van der Waals surface area (Å²) in [5, 5.41) is 8.25. The molecule has 3 aromatic rings. The molecule has 5 nitrogen and oxygen atoms in total. The van der Waals surface area contributed by atoms with E-state index < -0.39 is 0 Å². The van der Waals surface area contributed by atoms with Crippen molar-refractivity contribution < 1.29 is 4.52 Å². The Morgan fingerprint density at radius 2 is 2.11 bits per heavy atom. The van der Waals surface area contributed by atoms with Gasteiger partial charge >= 0.3 is 0 Å². The molecule has 0 unspecified atom stereocenters. The first-order valence-electron chi connectivity index (χ1n) is 6.14. The molecule has 2 aromatic heterocycles. The molecule has 96 valence electrons. The average Bonchev–Trinajstić information content (AvgIpc) is 2.91. The third-order valence-electron chi connectivity index (χ3n) is 2.94. The number of aromatic nitrogens is 3. The van der Waals surface area contributed by atoms with Crippen LogP contribution >= 0.6 is 0 Å². The second-order valence-corrected chi connectivity index (χ2v) is 4.39. The molecule has 0 saturated heterocycles. The smallest absolute Gasteiger partial charge is 0.213 e. The van der Waals surface area contributed by atoms with Gasteiger partial charge < -0.3 is 9.84 Å². The summed E-state index contributed by atoms with van der Waals surface area (Å²) in [6.07, 6.45) is 1.34. The van der Waals surface area contributed by atoms with Gasteiger partial charge in [-0.1, -0.05) is 23.4 Å². The number of fused-ring (bicyclic) bond motifs is 1. The Morgan fingerprint density at radius 3 is 2.95 bits per heavy atom. The van der Waals surface area contributed by atoms with Crippen molar-refractivity contribution in [2.75, 3.05) is 0 Å². The topological polar surface area (TPSA) is 63.8 Å². The van der Waals surface area contributed by atoms with Crippen molar-refractivity contribution in [1.82, 2.24) is 20.4 Å². The fourth-order valence-corrected chi connectivity index (χ4v) is 2.12. The van der Waals surface area contributed by atoms with Crippen molar-refractivity contribution in [2.45, 2.75) is 20.0 Å². The van der Waals surface area contributed by atoms with Gasteiger partial charge in [0.1, 0.15) is 0 Å². The number of benzene rings is 1. The van der Waals surface area contributed by atoms with Gasteiger partial charge in [-0.05, 0) is 24.6 Å². The molecule has 0 aliphatic carbocycles. The van der Waals surface area contributed by atoms with E-state index in [9.17, 15) is 0 Å². The summed E-state index contributed by atoms with van der Waals surface area (Å²) in [4.78, 5) is 8.50. The van der Waals surface area contributed by atoms with Crippen molar-refractivity contribution in [2.24, 2.45) is 0 Å². The highest BCUT2D eigenvalue weighted by Gasteiger charge is 2.04. The van der Waals surface area contributed by atoms with Gasteiger partial charge in [0.15, 0.2) is 5.82 Å². The first-order chi connectivity index (χ1) is 9.33. The summed E-state index contributed by atoms with van der Waals surface area (Å²) in [6.45, 7) is 3.35. The predicted octanol–water partition coefficient (Wildman–Crippen LogP) is 2.22. The lowest BCUT2D eigenvalue weighted by Crippen LogP contribution is -2.14. The molecule has 5 heteroatoms. The number of pyridine rings is 1. The Kier molecular flexibility index (Phi) is 3.20. The Morgan fingerprint density at radius 1 is 1.21 bits per heavy atom. The maximum Gasteiger partial charge on any atom is 0.213 e. The van der Waals surface area contributed by atoms with E-state index in [2.05, 4.69) is 32.6 Å². The van der Waals surface area contributed by atoms with E-state index in [1.54, 1.807) is 0 Å². The number of hydrogen-bond acceptors (Lipinski definition) is 5. The van der Waals surface area contributed by atoms with Crippen LogP contribution in [0.15, 0.2) is 41.2 Å². The minimum Gasteiger partial charge on any atom is -0.343 e. The maximum atomic E-state index is 4.70. The lowest BCUT2D eigenvalue weighted by Gasteiger charge is -2.08. The molecule has 3 rings (SSSR count). The Hall–Kier alpha value is -2.27. The van der Waals surface area contributed by atoms with Gasteiger partial charge in [0.2, 0.25) is 6.39 Å². The molecule has 0 amide bonds. The first-order valence-corrected chi connectivity index (χ1v) is 6.14. The molecule has 0 radical (unpaired) electrons. The molecule has 0 aliphatic rings. The first kappa shape index (κ1) is 11.8. The van der Waals surface area contributed by atoms with Crippen molar-refractivity contribution in [3.8, 4) is 0 Å². The third kappa shape index (κ3) is 2.61. The normalized spacial score (nSPS) is 11.0. The lowest BCUT2D eigenvalue weighted by atomic mass is 10.1. The summed E-state index contributed by atoms with van der Waals surface area (Å²) in [6, 6.07) is 10.3. The van der Waals surface area contributed by atoms with E-state index >= 15 is 0 Å². The Labute approximate surface area is 110 Å². The van der Waals surface area contributed by atoms with Crippen LogP contribution in [-0.2, 0) is 13.1 Å². The van der Waals surface area contributed by atoms with Gasteiger partial charge in [0.05, 0.1) is 12.1 Å². The lowest BCUT2D eigenvalue weighted by molar-refractivity contribution is 0.407. The average molecular weight is 254 g/mol. The highest BCUT2D eigenvalue weighted by Crippen LogP contribution is 2.17. The highest BCUT2D eigenvalue weighted by molar-refractivity contribution is 5.82. The molecular formula is C14H14N4O. The SMILES string of the molecule is Cc1cc(CNCc2ncon2)c2ccccc2n1. The molecule has 1 aromatic carbocycles. The molecular weight excluding hydrogens is 240 g/mol. The summed E-state index contributed by atoms with van der Waals surface area (Å²) in [5.41, 5.74) is 3.28. The predicted molar refractivity (Wildman–Crippen MR) is 71.3 cm³/mol. The van der Waals surface area contributed by atoms with Crippen molar-refractivity contribution in [3.05, 3.63) is 53.8 Å².